The molecule has 178 valence electrons. The molecule has 1 saturated heterocycles. The van der Waals surface area contributed by atoms with Crippen molar-refractivity contribution in [2.24, 2.45) is 16.7 Å². The Kier molecular flexibility index (Phi) is 6.18. The molecule has 0 unspecified atom stereocenters. The molecule has 0 amide bonds. The van der Waals surface area contributed by atoms with Crippen molar-refractivity contribution in [3.05, 3.63) is 34.4 Å². The van der Waals surface area contributed by atoms with E-state index < -0.39 is 42.1 Å². The van der Waals surface area contributed by atoms with Gasteiger partial charge < -0.3 is 34.7 Å². The predicted molar refractivity (Wildman–Crippen MR) is 115 cm³/mol. The molecule has 3 aliphatic carbocycles. The van der Waals surface area contributed by atoms with Crippen molar-refractivity contribution in [3.8, 4) is 0 Å². The van der Waals surface area contributed by atoms with Crippen molar-refractivity contribution in [1.29, 1.82) is 0 Å². The number of fused-ring (bicyclic) bond motifs is 3. The summed E-state index contributed by atoms with van der Waals surface area (Å²) in [5, 5.41) is 42.2. The fraction of sp³-hybridized carbons (Fsp3) is 0.720. The topological polar surface area (TPSA) is 119 Å². The number of aliphatic carboxylic acids is 1. The summed E-state index contributed by atoms with van der Waals surface area (Å²) >= 11 is 0. The van der Waals surface area contributed by atoms with Crippen LogP contribution in [0.2, 0.25) is 0 Å². The molecule has 2 fully saturated rings. The van der Waals surface area contributed by atoms with Crippen LogP contribution in [0.15, 0.2) is 34.4 Å². The molecule has 0 spiro atoms. The van der Waals surface area contributed by atoms with Crippen LogP contribution in [0, 0.1) is 16.7 Å². The second-order valence-electron chi connectivity index (χ2n) is 10.7. The van der Waals surface area contributed by atoms with Crippen LogP contribution in [0.4, 0.5) is 0 Å². The van der Waals surface area contributed by atoms with Crippen LogP contribution in [0.3, 0.4) is 0 Å². The van der Waals surface area contributed by atoms with Crippen LogP contribution in [0.25, 0.3) is 0 Å². The molecule has 4 rings (SSSR count). The lowest BCUT2D eigenvalue weighted by molar-refractivity contribution is -0.302. The first-order valence-corrected chi connectivity index (χ1v) is 11.7. The Labute approximate surface area is 189 Å². The summed E-state index contributed by atoms with van der Waals surface area (Å²) in [6, 6.07) is 0. The summed E-state index contributed by atoms with van der Waals surface area (Å²) < 4.78 is 11.7. The zero-order valence-electron chi connectivity index (χ0n) is 19.3. The fourth-order valence-corrected chi connectivity index (χ4v) is 6.03. The van der Waals surface area contributed by atoms with E-state index >= 15 is 0 Å². The minimum atomic E-state index is -1.43. The van der Waals surface area contributed by atoms with E-state index in [4.69, 9.17) is 9.47 Å². The first-order valence-electron chi connectivity index (χ1n) is 11.7. The van der Waals surface area contributed by atoms with Crippen molar-refractivity contribution in [3.63, 3.8) is 0 Å². The highest BCUT2D eigenvalue weighted by atomic mass is 16.7. The Morgan fingerprint density at radius 3 is 2.53 bits per heavy atom. The van der Waals surface area contributed by atoms with Gasteiger partial charge in [0.15, 0.2) is 6.29 Å². The largest absolute Gasteiger partial charge is 0.545 e. The Bertz CT molecular complexity index is 872. The number of allylic oxidation sites excluding steroid dienone is 4. The lowest BCUT2D eigenvalue weighted by Gasteiger charge is -2.50. The van der Waals surface area contributed by atoms with Gasteiger partial charge in [0.05, 0.1) is 18.7 Å². The van der Waals surface area contributed by atoms with Crippen molar-refractivity contribution >= 4 is 5.97 Å². The van der Waals surface area contributed by atoms with Crippen LogP contribution in [0.1, 0.15) is 59.8 Å². The molecule has 32 heavy (non-hydrogen) atoms. The van der Waals surface area contributed by atoms with E-state index in [1.807, 2.05) is 6.08 Å². The van der Waals surface area contributed by atoms with Crippen molar-refractivity contribution in [2.75, 3.05) is 6.61 Å². The minimum Gasteiger partial charge on any atom is -0.545 e. The normalized spacial score (nSPS) is 42.2. The Balaban J connectivity index is 1.76. The van der Waals surface area contributed by atoms with Gasteiger partial charge in [-0.25, -0.2) is 0 Å². The number of hydrogen-bond donors (Lipinski definition) is 3. The molecule has 1 saturated carbocycles. The third-order valence-corrected chi connectivity index (χ3v) is 8.23. The van der Waals surface area contributed by atoms with E-state index in [1.54, 1.807) is 6.08 Å². The Morgan fingerprint density at radius 1 is 1.16 bits per heavy atom. The van der Waals surface area contributed by atoms with Gasteiger partial charge in [0, 0.05) is 11.8 Å². The molecular formula is C25H35O7-. The molecule has 7 nitrogen and oxygen atoms in total. The standard InChI is InChI=1S/C25H36O7/c1-13(2)15-7-8-24(3)9-10-25(4)16(19(15)24)6-5-14(22(29)30)11-18(25)32-23-21(28)20(27)17(26)12-31-23/h5-6,13,17-18,20-21,23,26-28H,7-12H2,1-4H3,(H,29,30)/p-1/t17-,18+,20+,21-,23+,24-,25-/m1/s1. The van der Waals surface area contributed by atoms with Crippen molar-refractivity contribution in [1.82, 2.24) is 0 Å². The molecule has 0 aromatic heterocycles. The van der Waals surface area contributed by atoms with Gasteiger partial charge >= 0.3 is 0 Å². The molecule has 1 aliphatic heterocycles. The summed E-state index contributed by atoms with van der Waals surface area (Å²) in [4.78, 5) is 11.8. The smallest absolute Gasteiger partial charge is 0.186 e. The minimum absolute atomic E-state index is 0.0521. The van der Waals surface area contributed by atoms with Gasteiger partial charge in [-0.3, -0.25) is 0 Å². The van der Waals surface area contributed by atoms with Crippen LogP contribution in [-0.2, 0) is 14.3 Å². The molecular weight excluding hydrogens is 412 g/mol. The maximum atomic E-state index is 11.8. The number of carboxylic acids is 1. The lowest BCUT2D eigenvalue weighted by Crippen LogP contribution is -2.56. The van der Waals surface area contributed by atoms with Gasteiger partial charge in [-0.2, -0.15) is 0 Å². The lowest BCUT2D eigenvalue weighted by atomic mass is 9.57. The quantitative estimate of drug-likeness (QED) is 0.595. The van der Waals surface area contributed by atoms with Gasteiger partial charge in [-0.1, -0.05) is 45.4 Å². The van der Waals surface area contributed by atoms with Crippen molar-refractivity contribution in [2.45, 2.75) is 90.5 Å². The molecule has 7 atom stereocenters. The molecule has 0 bridgehead atoms. The van der Waals surface area contributed by atoms with Gasteiger partial charge in [-0.05, 0) is 53.7 Å². The molecule has 1 heterocycles. The highest BCUT2D eigenvalue weighted by Crippen LogP contribution is 2.62. The average Bonchev–Trinajstić information content (AvgIpc) is 3.01. The van der Waals surface area contributed by atoms with E-state index in [0.717, 1.165) is 31.3 Å². The SMILES string of the molecule is CC(C)C1=C2C3=CC=C(C(=O)[O-])C[C@H](O[C@@H]4OC[C@@H](O)[C@H](O)[C@H]4O)[C@]3(C)CC[C@@]2(C)CC1. The number of carbonyl (C=O) groups is 1. The highest BCUT2D eigenvalue weighted by Gasteiger charge is 2.53. The van der Waals surface area contributed by atoms with E-state index in [-0.39, 0.29) is 24.0 Å². The zero-order valence-corrected chi connectivity index (χ0v) is 19.3. The summed E-state index contributed by atoms with van der Waals surface area (Å²) in [6.07, 6.45) is 1.78. The third kappa shape index (κ3) is 3.78. The number of rotatable bonds is 4. The molecule has 7 heteroatoms. The molecule has 4 aliphatic rings. The van der Waals surface area contributed by atoms with Crippen LogP contribution in [-0.4, -0.2) is 58.6 Å². The number of hydrogen-bond acceptors (Lipinski definition) is 7. The summed E-state index contributed by atoms with van der Waals surface area (Å²) in [5.74, 6) is -0.854. The first-order chi connectivity index (χ1) is 15.0. The number of ether oxygens (including phenoxy) is 2. The maximum Gasteiger partial charge on any atom is 0.186 e. The predicted octanol–water partition coefficient (Wildman–Crippen LogP) is 1.37. The summed E-state index contributed by atoms with van der Waals surface area (Å²) in [7, 11) is 0. The molecule has 0 aromatic rings. The van der Waals surface area contributed by atoms with Crippen LogP contribution < -0.4 is 5.11 Å². The maximum absolute atomic E-state index is 11.8. The summed E-state index contributed by atoms with van der Waals surface area (Å²) in [5.41, 5.74) is 3.52. The molecule has 0 aromatic carbocycles. The zero-order chi connectivity index (χ0) is 23.4. The Morgan fingerprint density at radius 2 is 1.88 bits per heavy atom. The second kappa shape index (κ2) is 8.37. The number of carboxylic acid groups (broad SMARTS) is 1. The Hall–Kier alpha value is -1.51. The van der Waals surface area contributed by atoms with Crippen molar-refractivity contribution < 1.29 is 34.7 Å². The fourth-order valence-electron chi connectivity index (χ4n) is 6.03. The molecule has 0 radical (unpaired) electrons. The van der Waals surface area contributed by atoms with Gasteiger partial charge in [-0.15, -0.1) is 0 Å². The van der Waals surface area contributed by atoms with Gasteiger partial charge in [0.25, 0.3) is 0 Å². The van der Waals surface area contributed by atoms with Gasteiger partial charge in [0.2, 0.25) is 0 Å². The monoisotopic (exact) mass is 447 g/mol. The van der Waals surface area contributed by atoms with E-state index in [2.05, 4.69) is 27.7 Å². The second-order valence-corrected chi connectivity index (χ2v) is 10.7. The van der Waals surface area contributed by atoms with Crippen LogP contribution >= 0.6 is 0 Å². The summed E-state index contributed by atoms with van der Waals surface area (Å²) in [6.45, 7) is 8.63. The third-order valence-electron chi connectivity index (χ3n) is 8.23. The number of aliphatic hydroxyl groups is 3. The average molecular weight is 448 g/mol. The number of aliphatic hydroxyl groups excluding tert-OH is 3. The van der Waals surface area contributed by atoms with Crippen LogP contribution in [0.5, 0.6) is 0 Å². The number of carbonyl (C=O) groups excluding carboxylic acids is 1. The molecule has 3 N–H and O–H groups in total. The van der Waals surface area contributed by atoms with E-state index in [1.165, 1.54) is 11.1 Å². The first kappa shape index (κ1) is 23.6. The van der Waals surface area contributed by atoms with Gasteiger partial charge in [0.1, 0.15) is 18.3 Å². The van der Waals surface area contributed by atoms with E-state index in [9.17, 15) is 25.2 Å². The van der Waals surface area contributed by atoms with E-state index in [0.29, 0.717) is 5.92 Å². The highest BCUT2D eigenvalue weighted by molar-refractivity contribution is 5.85.